The van der Waals surface area contributed by atoms with Crippen LogP contribution in [0.25, 0.3) is 5.57 Å². The summed E-state index contributed by atoms with van der Waals surface area (Å²) >= 11 is 0. The van der Waals surface area contributed by atoms with Gasteiger partial charge in [-0.15, -0.1) is 0 Å². The van der Waals surface area contributed by atoms with Crippen LogP contribution in [0.2, 0.25) is 0 Å². The number of rotatable bonds is 4. The predicted octanol–water partition coefficient (Wildman–Crippen LogP) is 7.56. The van der Waals surface area contributed by atoms with Crippen molar-refractivity contribution in [1.29, 1.82) is 0 Å². The lowest BCUT2D eigenvalue weighted by Crippen LogP contribution is -2.29. The fourth-order valence-electron chi connectivity index (χ4n) is 3.81. The van der Waals surface area contributed by atoms with E-state index in [0.717, 1.165) is 47.6 Å². The number of nitrogens with zero attached hydrogens (tertiary/aromatic N) is 2. The van der Waals surface area contributed by atoms with E-state index in [4.69, 9.17) is 0 Å². The number of amides is 1. The molecule has 1 unspecified atom stereocenters. The van der Waals surface area contributed by atoms with E-state index < -0.39 is 0 Å². The molecule has 1 saturated heterocycles. The number of allylic oxidation sites excluding steroid dienone is 4. The average Bonchev–Trinajstić information content (AvgIpc) is 3.20. The largest absolute Gasteiger partial charge is 0.338 e. The Morgan fingerprint density at radius 3 is 2.31 bits per heavy atom. The zero-order chi connectivity index (χ0) is 23.7. The third-order valence-corrected chi connectivity index (χ3v) is 5.53. The first kappa shape index (κ1) is 25.3. The van der Waals surface area contributed by atoms with Crippen LogP contribution in [0.3, 0.4) is 0 Å². The highest BCUT2D eigenvalue weighted by molar-refractivity contribution is 5.99. The zero-order valence-corrected chi connectivity index (χ0v) is 20.8. The number of likely N-dealkylation sites (tertiary alicyclic amines) is 1. The minimum atomic E-state index is 0.165. The zero-order valence-electron chi connectivity index (χ0n) is 20.8. The Morgan fingerprint density at radius 2 is 1.75 bits per heavy atom. The first-order valence-corrected chi connectivity index (χ1v) is 11.5. The molecule has 0 aromatic heterocycles. The molecule has 2 aromatic carbocycles. The molecule has 1 fully saturated rings. The summed E-state index contributed by atoms with van der Waals surface area (Å²) in [6.45, 7) is 16.2. The monoisotopic (exact) mass is 430 g/mol. The fourth-order valence-corrected chi connectivity index (χ4v) is 3.81. The van der Waals surface area contributed by atoms with Crippen LogP contribution in [0.5, 0.6) is 0 Å². The van der Waals surface area contributed by atoms with E-state index in [-0.39, 0.29) is 5.91 Å². The van der Waals surface area contributed by atoms with E-state index in [1.54, 1.807) is 0 Å². The van der Waals surface area contributed by atoms with Crippen molar-refractivity contribution in [2.45, 2.75) is 54.9 Å². The molecule has 1 aliphatic rings. The highest BCUT2D eigenvalue weighted by Gasteiger charge is 2.25. The van der Waals surface area contributed by atoms with Gasteiger partial charge in [0.15, 0.2) is 0 Å². The minimum Gasteiger partial charge on any atom is -0.338 e. The first-order valence-electron chi connectivity index (χ1n) is 11.5. The van der Waals surface area contributed by atoms with Crippen LogP contribution in [-0.4, -0.2) is 29.6 Å². The lowest BCUT2D eigenvalue weighted by molar-refractivity contribution is 0.0788. The molecule has 2 aromatic rings. The third-order valence-electron chi connectivity index (χ3n) is 5.53. The van der Waals surface area contributed by atoms with E-state index in [1.165, 1.54) is 11.1 Å². The molecule has 0 spiro atoms. The maximum absolute atomic E-state index is 12.7. The molecule has 1 amide bonds. The van der Waals surface area contributed by atoms with Gasteiger partial charge in [-0.25, -0.2) is 0 Å². The van der Waals surface area contributed by atoms with Gasteiger partial charge in [0.1, 0.15) is 0 Å². The summed E-state index contributed by atoms with van der Waals surface area (Å²) in [6.07, 6.45) is 7.17. The smallest absolute Gasteiger partial charge is 0.254 e. The van der Waals surface area contributed by atoms with Gasteiger partial charge < -0.3 is 4.90 Å². The van der Waals surface area contributed by atoms with Gasteiger partial charge in [-0.05, 0) is 82.7 Å². The van der Waals surface area contributed by atoms with Crippen molar-refractivity contribution in [2.24, 2.45) is 10.9 Å². The first-order chi connectivity index (χ1) is 15.2. The molecule has 0 radical (unpaired) electrons. The van der Waals surface area contributed by atoms with Crippen molar-refractivity contribution >= 4 is 22.9 Å². The summed E-state index contributed by atoms with van der Waals surface area (Å²) in [7, 11) is 0. The van der Waals surface area contributed by atoms with Crippen LogP contribution in [0, 0.1) is 19.8 Å². The van der Waals surface area contributed by atoms with Crippen LogP contribution in [0.1, 0.15) is 68.1 Å². The number of benzene rings is 2. The lowest BCUT2D eigenvalue weighted by atomic mass is 9.99. The molecule has 1 atom stereocenters. The Morgan fingerprint density at radius 1 is 1.06 bits per heavy atom. The highest BCUT2D eigenvalue weighted by Crippen LogP contribution is 2.24. The SMILES string of the molecule is C/C=C\C=C(/C)c1ccccc1C(=O)N1CCC(C)C1.CC(C)=Nc1ccc(C)cc1C. The summed E-state index contributed by atoms with van der Waals surface area (Å²) in [6, 6.07) is 14.2. The van der Waals surface area contributed by atoms with Crippen LogP contribution in [0.4, 0.5) is 5.69 Å². The van der Waals surface area contributed by atoms with Gasteiger partial charge in [-0.3, -0.25) is 9.79 Å². The number of carbonyl (C=O) groups excluding carboxylic acids is 1. The van der Waals surface area contributed by atoms with Crippen molar-refractivity contribution in [3.63, 3.8) is 0 Å². The summed E-state index contributed by atoms with van der Waals surface area (Å²) in [5, 5.41) is 0. The second kappa shape index (κ2) is 12.2. The van der Waals surface area contributed by atoms with E-state index in [2.05, 4.69) is 57.0 Å². The van der Waals surface area contributed by atoms with E-state index >= 15 is 0 Å². The highest BCUT2D eigenvalue weighted by atomic mass is 16.2. The van der Waals surface area contributed by atoms with E-state index in [1.807, 2.05) is 62.1 Å². The maximum Gasteiger partial charge on any atom is 0.254 e. The number of hydrogen-bond donors (Lipinski definition) is 0. The van der Waals surface area contributed by atoms with Gasteiger partial charge in [0, 0.05) is 24.4 Å². The molecule has 3 heteroatoms. The molecule has 3 nitrogen and oxygen atoms in total. The molecule has 0 saturated carbocycles. The molecule has 3 rings (SSSR count). The number of aliphatic imine (C=N–C) groups is 1. The van der Waals surface area contributed by atoms with Crippen molar-refractivity contribution in [1.82, 2.24) is 4.90 Å². The molecule has 0 N–H and O–H groups in total. The van der Waals surface area contributed by atoms with Crippen molar-refractivity contribution < 1.29 is 4.79 Å². The number of aryl methyl sites for hydroxylation is 2. The van der Waals surface area contributed by atoms with Crippen LogP contribution in [0.15, 0.2) is 65.7 Å². The lowest BCUT2D eigenvalue weighted by Gasteiger charge is -2.18. The molecular formula is C29H38N2O. The maximum atomic E-state index is 12.7. The van der Waals surface area contributed by atoms with Crippen molar-refractivity contribution in [3.8, 4) is 0 Å². The van der Waals surface area contributed by atoms with Gasteiger partial charge in [0.25, 0.3) is 5.91 Å². The molecule has 170 valence electrons. The Balaban J connectivity index is 0.000000258. The van der Waals surface area contributed by atoms with Crippen molar-refractivity contribution in [2.75, 3.05) is 13.1 Å². The molecule has 1 aliphatic heterocycles. The molecule has 0 bridgehead atoms. The Labute approximate surface area is 194 Å². The fraction of sp³-hybridized carbons (Fsp3) is 0.379. The van der Waals surface area contributed by atoms with Gasteiger partial charge >= 0.3 is 0 Å². The summed E-state index contributed by atoms with van der Waals surface area (Å²) in [5.41, 5.74) is 7.70. The van der Waals surface area contributed by atoms with Gasteiger partial charge in [-0.1, -0.05) is 61.0 Å². The minimum absolute atomic E-state index is 0.165. The second-order valence-electron chi connectivity index (χ2n) is 8.92. The Bertz CT molecular complexity index is 1010. The normalized spacial score (nSPS) is 16.0. The summed E-state index contributed by atoms with van der Waals surface area (Å²) in [5.74, 6) is 0.781. The predicted molar refractivity (Wildman–Crippen MR) is 139 cm³/mol. The quantitative estimate of drug-likeness (QED) is 0.364. The van der Waals surface area contributed by atoms with Gasteiger partial charge in [0.05, 0.1) is 5.69 Å². The topological polar surface area (TPSA) is 32.7 Å². The van der Waals surface area contributed by atoms with Crippen LogP contribution < -0.4 is 0 Å². The summed E-state index contributed by atoms with van der Waals surface area (Å²) < 4.78 is 0. The van der Waals surface area contributed by atoms with Gasteiger partial charge in [0.2, 0.25) is 0 Å². The van der Waals surface area contributed by atoms with E-state index in [9.17, 15) is 4.79 Å². The Hall–Kier alpha value is -2.94. The standard InChI is InChI=1S/C18H23NO.C11H15N/c1-4-5-8-15(3)16-9-6-7-10-17(16)18(20)19-12-11-14(2)13-19;1-8(2)12-11-6-5-9(3)7-10(11)4/h4-10,14H,11-13H2,1-3H3;5-7H,1-4H3/b5-4-,15-8+;. The Kier molecular flexibility index (Phi) is 9.64. The second-order valence-corrected chi connectivity index (χ2v) is 8.92. The number of carbonyl (C=O) groups is 1. The molecule has 0 aliphatic carbocycles. The third kappa shape index (κ3) is 7.33. The molecule has 1 heterocycles. The van der Waals surface area contributed by atoms with Crippen LogP contribution in [-0.2, 0) is 0 Å². The van der Waals surface area contributed by atoms with E-state index in [0.29, 0.717) is 5.92 Å². The number of hydrogen-bond acceptors (Lipinski definition) is 2. The van der Waals surface area contributed by atoms with Gasteiger partial charge in [-0.2, -0.15) is 0 Å². The molecule has 32 heavy (non-hydrogen) atoms. The van der Waals surface area contributed by atoms with Crippen molar-refractivity contribution in [3.05, 3.63) is 82.9 Å². The summed E-state index contributed by atoms with van der Waals surface area (Å²) in [4.78, 5) is 19.1. The molecular weight excluding hydrogens is 392 g/mol. The van der Waals surface area contributed by atoms with Crippen LogP contribution >= 0.6 is 0 Å². The average molecular weight is 431 g/mol.